The number of anilines is 1. The number of rotatable bonds is 7. The van der Waals surface area contributed by atoms with Crippen LogP contribution in [0.1, 0.15) is 47.8 Å². The number of benzene rings is 1. The average Bonchev–Trinajstić information content (AvgIpc) is 3.37. The van der Waals surface area contributed by atoms with Crippen molar-refractivity contribution >= 4 is 23.3 Å². The summed E-state index contributed by atoms with van der Waals surface area (Å²) in [5.74, 6) is 0.0996. The standard InChI is InChI=1S/C20H20ClF2N5O/c1-12-9-15(25-27(12)10-13-5-3-2-4-6-13)24-16(29)11-28-19(14-7-8-14)17(21)18(26-28)20(22)23/h2-6,9,14,20H,7-8,10-11H2,1H3,(H,24,25,29). The van der Waals surface area contributed by atoms with Gasteiger partial charge >= 0.3 is 0 Å². The average molecular weight is 420 g/mol. The van der Waals surface area contributed by atoms with Crippen molar-refractivity contribution in [2.24, 2.45) is 0 Å². The molecule has 1 N–H and O–H groups in total. The lowest BCUT2D eigenvalue weighted by Gasteiger charge is -2.07. The van der Waals surface area contributed by atoms with Gasteiger partial charge in [-0.05, 0) is 25.3 Å². The highest BCUT2D eigenvalue weighted by molar-refractivity contribution is 6.32. The van der Waals surface area contributed by atoms with Crippen LogP contribution in [0.2, 0.25) is 5.02 Å². The highest BCUT2D eigenvalue weighted by Gasteiger charge is 2.34. The molecule has 1 aliphatic rings. The number of aryl methyl sites for hydroxylation is 1. The van der Waals surface area contributed by atoms with Gasteiger partial charge in [0.25, 0.3) is 6.43 Å². The molecule has 1 aliphatic carbocycles. The van der Waals surface area contributed by atoms with E-state index in [4.69, 9.17) is 11.6 Å². The first-order chi connectivity index (χ1) is 13.9. The van der Waals surface area contributed by atoms with Gasteiger partial charge in [-0.2, -0.15) is 10.2 Å². The topological polar surface area (TPSA) is 64.7 Å². The highest BCUT2D eigenvalue weighted by atomic mass is 35.5. The summed E-state index contributed by atoms with van der Waals surface area (Å²) < 4.78 is 29.4. The lowest BCUT2D eigenvalue weighted by Crippen LogP contribution is -2.21. The van der Waals surface area contributed by atoms with Gasteiger partial charge in [-0.15, -0.1) is 0 Å². The van der Waals surface area contributed by atoms with Crippen molar-refractivity contribution in [3.63, 3.8) is 0 Å². The minimum atomic E-state index is -2.78. The second-order valence-electron chi connectivity index (χ2n) is 7.18. The fourth-order valence-corrected chi connectivity index (χ4v) is 3.66. The van der Waals surface area contributed by atoms with E-state index in [0.29, 0.717) is 18.1 Å². The first-order valence-corrected chi connectivity index (χ1v) is 9.72. The maximum absolute atomic E-state index is 13.1. The molecular formula is C20H20ClF2N5O. The number of nitrogens with one attached hydrogen (secondary N) is 1. The first-order valence-electron chi connectivity index (χ1n) is 9.35. The zero-order valence-corrected chi connectivity index (χ0v) is 16.5. The van der Waals surface area contributed by atoms with Crippen molar-refractivity contribution < 1.29 is 13.6 Å². The Morgan fingerprint density at radius 2 is 1.97 bits per heavy atom. The molecule has 2 aromatic heterocycles. The van der Waals surface area contributed by atoms with Crippen LogP contribution in [0.5, 0.6) is 0 Å². The van der Waals surface area contributed by atoms with E-state index in [1.54, 1.807) is 10.7 Å². The van der Waals surface area contributed by atoms with Gasteiger partial charge in [0, 0.05) is 17.7 Å². The van der Waals surface area contributed by atoms with Gasteiger partial charge in [0.15, 0.2) is 5.82 Å². The third-order valence-corrected chi connectivity index (χ3v) is 5.23. The molecule has 0 spiro atoms. The van der Waals surface area contributed by atoms with Crippen molar-refractivity contribution in [2.75, 3.05) is 5.32 Å². The summed E-state index contributed by atoms with van der Waals surface area (Å²) in [5.41, 5.74) is 2.04. The Kier molecular flexibility index (Phi) is 5.36. The van der Waals surface area contributed by atoms with Crippen LogP contribution in [-0.2, 0) is 17.9 Å². The van der Waals surface area contributed by atoms with Crippen LogP contribution in [0, 0.1) is 6.92 Å². The summed E-state index contributed by atoms with van der Waals surface area (Å²) in [5, 5.41) is 11.0. The molecule has 29 heavy (non-hydrogen) atoms. The predicted octanol–water partition coefficient (Wildman–Crippen LogP) is 4.54. The SMILES string of the molecule is Cc1cc(NC(=O)Cn2nc(C(F)F)c(Cl)c2C2CC2)nn1Cc1ccccc1. The van der Waals surface area contributed by atoms with E-state index in [1.807, 2.05) is 37.3 Å². The van der Waals surface area contributed by atoms with Gasteiger partial charge in [0.05, 0.1) is 17.3 Å². The van der Waals surface area contributed by atoms with Gasteiger partial charge < -0.3 is 5.32 Å². The molecule has 4 rings (SSSR count). The van der Waals surface area contributed by atoms with E-state index in [1.165, 1.54) is 4.68 Å². The maximum atomic E-state index is 13.1. The molecule has 6 nitrogen and oxygen atoms in total. The van der Waals surface area contributed by atoms with Crippen LogP contribution >= 0.6 is 11.6 Å². The third kappa shape index (κ3) is 4.32. The monoisotopic (exact) mass is 419 g/mol. The van der Waals surface area contributed by atoms with Gasteiger partial charge in [-0.1, -0.05) is 41.9 Å². The molecule has 1 aromatic carbocycles. The fraction of sp³-hybridized carbons (Fsp3) is 0.350. The van der Waals surface area contributed by atoms with Crippen LogP contribution in [-0.4, -0.2) is 25.5 Å². The Hall–Kier alpha value is -2.74. The summed E-state index contributed by atoms with van der Waals surface area (Å²) in [7, 11) is 0. The second kappa shape index (κ2) is 7.94. The van der Waals surface area contributed by atoms with Crippen LogP contribution in [0.15, 0.2) is 36.4 Å². The summed E-state index contributed by atoms with van der Waals surface area (Å²) in [4.78, 5) is 12.5. The number of alkyl halides is 2. The molecule has 1 saturated carbocycles. The number of halogens is 3. The van der Waals surface area contributed by atoms with Gasteiger partial charge in [0.2, 0.25) is 5.91 Å². The van der Waals surface area contributed by atoms with Crippen molar-refractivity contribution in [1.82, 2.24) is 19.6 Å². The van der Waals surface area contributed by atoms with Gasteiger partial charge in [0.1, 0.15) is 12.2 Å². The van der Waals surface area contributed by atoms with Crippen molar-refractivity contribution in [1.29, 1.82) is 0 Å². The summed E-state index contributed by atoms with van der Waals surface area (Å²) in [6.45, 7) is 2.29. The number of amides is 1. The van der Waals surface area contributed by atoms with Crippen LogP contribution in [0.25, 0.3) is 0 Å². The Morgan fingerprint density at radius 3 is 2.62 bits per heavy atom. The maximum Gasteiger partial charge on any atom is 0.283 e. The van der Waals surface area contributed by atoms with E-state index in [9.17, 15) is 13.6 Å². The smallest absolute Gasteiger partial charge is 0.283 e. The third-order valence-electron chi connectivity index (χ3n) is 4.84. The lowest BCUT2D eigenvalue weighted by molar-refractivity contribution is -0.117. The Labute approximate surface area is 171 Å². The number of carbonyl (C=O) groups excluding carboxylic acids is 1. The number of hydrogen-bond donors (Lipinski definition) is 1. The Balaban J connectivity index is 1.47. The summed E-state index contributed by atoms with van der Waals surface area (Å²) >= 11 is 6.09. The summed E-state index contributed by atoms with van der Waals surface area (Å²) in [6.07, 6.45) is -1.06. The van der Waals surface area contributed by atoms with Crippen LogP contribution in [0.4, 0.5) is 14.6 Å². The van der Waals surface area contributed by atoms with E-state index in [-0.39, 0.29) is 17.5 Å². The molecule has 0 bridgehead atoms. The summed E-state index contributed by atoms with van der Waals surface area (Å²) in [6, 6.07) is 11.6. The van der Waals surface area contributed by atoms with Gasteiger partial charge in [-0.3, -0.25) is 14.2 Å². The van der Waals surface area contributed by atoms with E-state index >= 15 is 0 Å². The normalized spacial score (nSPS) is 13.8. The van der Waals surface area contributed by atoms with Gasteiger partial charge in [-0.25, -0.2) is 8.78 Å². The molecule has 0 atom stereocenters. The molecule has 0 unspecified atom stereocenters. The van der Waals surface area contributed by atoms with Crippen molar-refractivity contribution in [2.45, 2.75) is 45.2 Å². The van der Waals surface area contributed by atoms with E-state index in [0.717, 1.165) is 24.1 Å². The van der Waals surface area contributed by atoms with Crippen LogP contribution in [0.3, 0.4) is 0 Å². The van der Waals surface area contributed by atoms with Crippen molar-refractivity contribution in [3.05, 3.63) is 64.1 Å². The molecule has 9 heteroatoms. The molecule has 2 heterocycles. The van der Waals surface area contributed by atoms with Crippen LogP contribution < -0.4 is 5.32 Å². The minimum absolute atomic E-state index is 0.0294. The molecule has 3 aromatic rings. The molecule has 1 amide bonds. The number of carbonyl (C=O) groups is 1. The van der Waals surface area contributed by atoms with E-state index in [2.05, 4.69) is 15.5 Å². The fourth-order valence-electron chi connectivity index (χ4n) is 3.29. The number of hydrogen-bond acceptors (Lipinski definition) is 3. The molecule has 0 aliphatic heterocycles. The molecule has 1 fully saturated rings. The highest BCUT2D eigenvalue weighted by Crippen LogP contribution is 2.45. The zero-order valence-electron chi connectivity index (χ0n) is 15.8. The van der Waals surface area contributed by atoms with E-state index < -0.39 is 18.0 Å². The molecular weight excluding hydrogens is 400 g/mol. The lowest BCUT2D eigenvalue weighted by atomic mass is 10.2. The Morgan fingerprint density at radius 1 is 1.24 bits per heavy atom. The molecule has 0 radical (unpaired) electrons. The second-order valence-corrected chi connectivity index (χ2v) is 7.56. The first kappa shape index (κ1) is 19.6. The largest absolute Gasteiger partial charge is 0.308 e. The molecule has 152 valence electrons. The zero-order chi connectivity index (χ0) is 20.5. The molecule has 0 saturated heterocycles. The number of nitrogens with zero attached hydrogens (tertiary/aromatic N) is 4. The quantitative estimate of drug-likeness (QED) is 0.611. The Bertz CT molecular complexity index is 1030. The number of aromatic nitrogens is 4. The van der Waals surface area contributed by atoms with Crippen molar-refractivity contribution in [3.8, 4) is 0 Å². The predicted molar refractivity (Wildman–Crippen MR) is 105 cm³/mol. The minimum Gasteiger partial charge on any atom is -0.308 e.